The van der Waals surface area contributed by atoms with E-state index in [-0.39, 0.29) is 16.9 Å². The predicted octanol–water partition coefficient (Wildman–Crippen LogP) is 5.61. The zero-order chi connectivity index (χ0) is 19.7. The molecule has 2 aromatic rings. The fourth-order valence-corrected chi connectivity index (χ4v) is 3.38. The number of rotatable bonds is 5. The summed E-state index contributed by atoms with van der Waals surface area (Å²) in [6.45, 7) is 8.24. The minimum atomic E-state index is -0.984. The first-order chi connectivity index (χ1) is 12.7. The van der Waals surface area contributed by atoms with Gasteiger partial charge in [0.2, 0.25) is 0 Å². The highest BCUT2D eigenvalue weighted by atomic mass is 16.5. The molecule has 1 aliphatic carbocycles. The monoisotopic (exact) mass is 362 g/mol. The second-order valence-corrected chi connectivity index (χ2v) is 7.83. The lowest BCUT2D eigenvalue weighted by atomic mass is 9.77. The molecule has 0 aromatic heterocycles. The number of benzene rings is 2. The van der Waals surface area contributed by atoms with Crippen LogP contribution in [-0.4, -0.2) is 16.7 Å². The van der Waals surface area contributed by atoms with Crippen LogP contribution in [0.4, 0.5) is 0 Å². The van der Waals surface area contributed by atoms with Crippen LogP contribution in [0.2, 0.25) is 0 Å². The summed E-state index contributed by atoms with van der Waals surface area (Å²) in [6.07, 6.45) is 7.96. The largest absolute Gasteiger partial charge is 0.482 e. The molecule has 27 heavy (non-hydrogen) atoms. The minimum Gasteiger partial charge on any atom is -0.482 e. The SMILES string of the molecule is CC1C=CC=CC1(C)Oc1ccc(C(C)(C)c2ccccc2)cc1C(=O)O. The molecular weight excluding hydrogens is 336 g/mol. The van der Waals surface area contributed by atoms with Gasteiger partial charge in [-0.25, -0.2) is 4.79 Å². The number of carboxylic acid groups (broad SMARTS) is 1. The second kappa shape index (κ2) is 7.07. The fourth-order valence-electron chi connectivity index (χ4n) is 3.38. The van der Waals surface area contributed by atoms with Gasteiger partial charge in [0.25, 0.3) is 0 Å². The Morgan fingerprint density at radius 2 is 1.78 bits per heavy atom. The van der Waals surface area contributed by atoms with Crippen molar-refractivity contribution in [1.29, 1.82) is 0 Å². The van der Waals surface area contributed by atoms with Crippen LogP contribution in [0.25, 0.3) is 0 Å². The molecule has 140 valence electrons. The molecule has 1 N–H and O–H groups in total. The molecule has 0 fully saturated rings. The van der Waals surface area contributed by atoms with E-state index < -0.39 is 11.6 Å². The summed E-state index contributed by atoms with van der Waals surface area (Å²) in [5, 5.41) is 9.79. The van der Waals surface area contributed by atoms with Crippen LogP contribution in [0.1, 0.15) is 49.2 Å². The highest BCUT2D eigenvalue weighted by molar-refractivity contribution is 5.91. The molecule has 3 rings (SSSR count). The Labute approximate surface area is 161 Å². The second-order valence-electron chi connectivity index (χ2n) is 7.83. The summed E-state index contributed by atoms with van der Waals surface area (Å²) >= 11 is 0. The number of carboxylic acids is 1. The summed E-state index contributed by atoms with van der Waals surface area (Å²) in [5.74, 6) is -0.448. The van der Waals surface area contributed by atoms with Gasteiger partial charge in [0.15, 0.2) is 0 Å². The quantitative estimate of drug-likeness (QED) is 0.752. The predicted molar refractivity (Wildman–Crippen MR) is 108 cm³/mol. The Kier molecular flexibility index (Phi) is 4.97. The molecule has 0 saturated heterocycles. The summed E-state index contributed by atoms with van der Waals surface area (Å²) in [5.41, 5.74) is 1.38. The topological polar surface area (TPSA) is 46.5 Å². The fraction of sp³-hybridized carbons (Fsp3) is 0.292. The van der Waals surface area contributed by atoms with Gasteiger partial charge in [-0.15, -0.1) is 0 Å². The van der Waals surface area contributed by atoms with Crippen molar-refractivity contribution in [3.8, 4) is 5.75 Å². The third-order valence-corrected chi connectivity index (χ3v) is 5.60. The van der Waals surface area contributed by atoms with Gasteiger partial charge >= 0.3 is 5.97 Å². The van der Waals surface area contributed by atoms with Crippen molar-refractivity contribution in [2.75, 3.05) is 0 Å². The van der Waals surface area contributed by atoms with Gasteiger partial charge in [0.1, 0.15) is 16.9 Å². The first kappa shape index (κ1) is 19.0. The van der Waals surface area contributed by atoms with Crippen molar-refractivity contribution in [1.82, 2.24) is 0 Å². The van der Waals surface area contributed by atoms with E-state index in [0.717, 1.165) is 11.1 Å². The van der Waals surface area contributed by atoms with E-state index in [1.807, 2.05) is 49.4 Å². The molecule has 1 aliphatic rings. The normalized spacial score (nSPS) is 21.9. The molecule has 0 saturated carbocycles. The Morgan fingerprint density at radius 3 is 2.41 bits per heavy atom. The van der Waals surface area contributed by atoms with Crippen LogP contribution in [0.5, 0.6) is 5.75 Å². The lowest BCUT2D eigenvalue weighted by molar-refractivity contribution is 0.0668. The lowest BCUT2D eigenvalue weighted by Gasteiger charge is -2.34. The van der Waals surface area contributed by atoms with Crippen LogP contribution >= 0.6 is 0 Å². The van der Waals surface area contributed by atoms with E-state index in [2.05, 4.69) is 39.0 Å². The molecule has 2 atom stereocenters. The minimum absolute atomic E-state index is 0.143. The molecule has 2 aromatic carbocycles. The van der Waals surface area contributed by atoms with Crippen LogP contribution in [-0.2, 0) is 5.41 Å². The average molecular weight is 362 g/mol. The Bertz CT molecular complexity index is 893. The van der Waals surface area contributed by atoms with Crippen molar-refractivity contribution < 1.29 is 14.6 Å². The molecule has 0 amide bonds. The smallest absolute Gasteiger partial charge is 0.339 e. The summed E-state index contributed by atoms with van der Waals surface area (Å²) < 4.78 is 6.20. The van der Waals surface area contributed by atoms with Crippen LogP contribution in [0.3, 0.4) is 0 Å². The average Bonchev–Trinajstić information content (AvgIpc) is 2.65. The van der Waals surface area contributed by atoms with Crippen molar-refractivity contribution in [2.45, 2.75) is 38.7 Å². The Balaban J connectivity index is 2.00. The van der Waals surface area contributed by atoms with Gasteiger partial charge in [-0.1, -0.05) is 75.4 Å². The lowest BCUT2D eigenvalue weighted by Crippen LogP contribution is -2.38. The highest BCUT2D eigenvalue weighted by Crippen LogP contribution is 2.36. The van der Waals surface area contributed by atoms with Crippen LogP contribution in [0, 0.1) is 5.92 Å². The molecule has 0 radical (unpaired) electrons. The zero-order valence-corrected chi connectivity index (χ0v) is 16.3. The number of hydrogen-bond donors (Lipinski definition) is 1. The van der Waals surface area contributed by atoms with Gasteiger partial charge < -0.3 is 9.84 Å². The number of allylic oxidation sites excluding steroid dienone is 2. The van der Waals surface area contributed by atoms with Crippen molar-refractivity contribution in [3.05, 3.63) is 89.5 Å². The summed E-state index contributed by atoms with van der Waals surface area (Å²) in [7, 11) is 0. The van der Waals surface area contributed by atoms with Crippen molar-refractivity contribution in [3.63, 3.8) is 0 Å². The zero-order valence-electron chi connectivity index (χ0n) is 16.3. The molecule has 0 spiro atoms. The maximum absolute atomic E-state index is 12.0. The standard InChI is InChI=1S/C24H26O3/c1-17-10-8-9-15-24(17,4)27-21-14-13-19(16-20(21)22(25)26)23(2,3)18-11-6-5-7-12-18/h5-17H,1-4H3,(H,25,26). The molecule has 3 heteroatoms. The van der Waals surface area contributed by atoms with E-state index in [4.69, 9.17) is 4.74 Å². The van der Waals surface area contributed by atoms with E-state index in [1.54, 1.807) is 12.1 Å². The molecular formula is C24H26O3. The summed E-state index contributed by atoms with van der Waals surface area (Å²) in [4.78, 5) is 12.0. The van der Waals surface area contributed by atoms with Gasteiger partial charge in [-0.05, 0) is 36.3 Å². The summed E-state index contributed by atoms with van der Waals surface area (Å²) in [6, 6.07) is 15.6. The van der Waals surface area contributed by atoms with Gasteiger partial charge in [0, 0.05) is 11.3 Å². The number of hydrogen-bond acceptors (Lipinski definition) is 2. The molecule has 2 unspecified atom stereocenters. The van der Waals surface area contributed by atoms with E-state index in [9.17, 15) is 9.90 Å². The van der Waals surface area contributed by atoms with Gasteiger partial charge in [-0.2, -0.15) is 0 Å². The Hall–Kier alpha value is -2.81. The Morgan fingerprint density at radius 1 is 1.07 bits per heavy atom. The van der Waals surface area contributed by atoms with E-state index >= 15 is 0 Å². The molecule has 0 aliphatic heterocycles. The van der Waals surface area contributed by atoms with Gasteiger partial charge in [-0.3, -0.25) is 0 Å². The van der Waals surface area contributed by atoms with E-state index in [1.165, 1.54) is 0 Å². The maximum atomic E-state index is 12.0. The third kappa shape index (κ3) is 3.68. The number of ether oxygens (including phenoxy) is 1. The highest BCUT2D eigenvalue weighted by Gasteiger charge is 2.33. The molecule has 3 nitrogen and oxygen atoms in total. The van der Waals surface area contributed by atoms with E-state index in [0.29, 0.717) is 5.75 Å². The van der Waals surface area contributed by atoms with Crippen LogP contribution < -0.4 is 4.74 Å². The first-order valence-electron chi connectivity index (χ1n) is 9.22. The maximum Gasteiger partial charge on any atom is 0.339 e. The number of carbonyl (C=O) groups is 1. The van der Waals surface area contributed by atoms with Crippen molar-refractivity contribution >= 4 is 5.97 Å². The number of aromatic carboxylic acids is 1. The van der Waals surface area contributed by atoms with Crippen molar-refractivity contribution in [2.24, 2.45) is 5.92 Å². The molecule has 0 bridgehead atoms. The van der Waals surface area contributed by atoms with Gasteiger partial charge in [0.05, 0.1) is 0 Å². The molecule has 0 heterocycles. The van der Waals surface area contributed by atoms with Crippen LogP contribution in [0.15, 0.2) is 72.8 Å². The third-order valence-electron chi connectivity index (χ3n) is 5.60. The first-order valence-corrected chi connectivity index (χ1v) is 9.22.